The summed E-state index contributed by atoms with van der Waals surface area (Å²) in [6, 6.07) is 10.9. The van der Waals surface area contributed by atoms with Gasteiger partial charge in [-0.05, 0) is 36.7 Å². The smallest absolute Gasteiger partial charge is 0.00506 e. The van der Waals surface area contributed by atoms with Gasteiger partial charge in [0.1, 0.15) is 0 Å². The van der Waals surface area contributed by atoms with Gasteiger partial charge in [-0.2, -0.15) is 0 Å². The Morgan fingerprint density at radius 3 is 1.86 bits per heavy atom. The second-order valence-corrected chi connectivity index (χ2v) is 7.12. The maximum absolute atomic E-state index is 2.45. The van der Waals surface area contributed by atoms with Gasteiger partial charge in [0.05, 0.1) is 0 Å². The summed E-state index contributed by atoms with van der Waals surface area (Å²) < 4.78 is 0. The molecule has 0 amide bonds. The zero-order valence-corrected chi connectivity index (χ0v) is 20.8. The Bertz CT molecular complexity index is 598. The Balaban J connectivity index is 0.000000537. The topological polar surface area (TPSA) is 0 Å². The van der Waals surface area contributed by atoms with Crippen molar-refractivity contribution in [2.24, 2.45) is 5.92 Å². The first-order valence-electron chi connectivity index (χ1n) is 10.5. The van der Waals surface area contributed by atoms with Crippen molar-refractivity contribution in [1.82, 2.24) is 0 Å². The number of hydrogen-bond donors (Lipinski definition) is 0. The van der Waals surface area contributed by atoms with Crippen LogP contribution in [0.1, 0.15) is 56.9 Å². The molecule has 0 spiro atoms. The molecule has 1 unspecified atom stereocenters. The third kappa shape index (κ3) is 13.9. The molecule has 2 radical (unpaired) electrons. The van der Waals surface area contributed by atoms with Crippen LogP contribution in [0.15, 0.2) is 91.1 Å². The van der Waals surface area contributed by atoms with Crippen LogP contribution in [0.2, 0.25) is 0 Å². The summed E-state index contributed by atoms with van der Waals surface area (Å²) in [4.78, 5) is 0. The van der Waals surface area contributed by atoms with Crippen molar-refractivity contribution >= 4 is 0 Å². The van der Waals surface area contributed by atoms with Crippen molar-refractivity contribution in [3.05, 3.63) is 109 Å². The molecule has 0 aromatic heterocycles. The Morgan fingerprint density at radius 2 is 1.38 bits per heavy atom. The van der Waals surface area contributed by atoms with Crippen LogP contribution in [0.3, 0.4) is 0 Å². The van der Waals surface area contributed by atoms with Gasteiger partial charge in [-0.3, -0.25) is 0 Å². The van der Waals surface area contributed by atoms with Gasteiger partial charge in [0, 0.05) is 39.0 Å². The average Bonchev–Trinajstić information content (AvgIpc) is 3.18. The van der Waals surface area contributed by atoms with E-state index in [-0.39, 0.29) is 38.6 Å². The predicted octanol–water partition coefficient (Wildman–Crippen LogP) is 4.95. The monoisotopic (exact) mass is 483 g/mol. The van der Waals surface area contributed by atoms with E-state index in [1.807, 2.05) is 61.4 Å². The molecule has 1 fully saturated rings. The second-order valence-electron chi connectivity index (χ2n) is 7.12. The molecule has 4 rings (SSSR count). The summed E-state index contributed by atoms with van der Waals surface area (Å²) in [5, 5.41) is 0. The summed E-state index contributed by atoms with van der Waals surface area (Å²) >= 11 is 0. The molecule has 3 aliphatic carbocycles. The zero-order valence-electron chi connectivity index (χ0n) is 17.6. The first kappa shape index (κ1) is 28.1. The van der Waals surface area contributed by atoms with E-state index in [9.17, 15) is 0 Å². The Labute approximate surface area is 204 Å². The van der Waals surface area contributed by atoms with Gasteiger partial charge >= 0.3 is 0 Å². The molecule has 2 atom stereocenters. The molecule has 1 aromatic carbocycles. The third-order valence-electron chi connectivity index (χ3n) is 4.79. The third-order valence-corrected chi connectivity index (χ3v) is 4.79. The maximum Gasteiger partial charge on any atom is 0.00506 e. The van der Waals surface area contributed by atoms with Crippen molar-refractivity contribution in [1.29, 1.82) is 0 Å². The van der Waals surface area contributed by atoms with Crippen molar-refractivity contribution in [3.8, 4) is 0 Å². The second kappa shape index (κ2) is 19.1. The molecule has 1 saturated carbocycles. The molecular formula is C27H34ClZr-. The van der Waals surface area contributed by atoms with Crippen LogP contribution in [-0.4, -0.2) is 0 Å². The van der Waals surface area contributed by atoms with Crippen LogP contribution in [0.4, 0.5) is 0 Å². The van der Waals surface area contributed by atoms with Crippen LogP contribution >= 0.6 is 0 Å². The van der Waals surface area contributed by atoms with Gasteiger partial charge < -0.3 is 12.4 Å². The number of unbranched alkanes of at least 4 members (excludes halogenated alkanes) is 4. The van der Waals surface area contributed by atoms with Crippen molar-refractivity contribution in [2.75, 3.05) is 0 Å². The fraction of sp³-hybridized carbons (Fsp3) is 0.333. The fourth-order valence-electron chi connectivity index (χ4n) is 3.11. The zero-order chi connectivity index (χ0) is 19.0. The number of rotatable bonds is 7. The predicted molar refractivity (Wildman–Crippen MR) is 120 cm³/mol. The van der Waals surface area contributed by atoms with Gasteiger partial charge in [0.25, 0.3) is 0 Å². The molecule has 2 heteroatoms. The van der Waals surface area contributed by atoms with E-state index >= 15 is 0 Å². The van der Waals surface area contributed by atoms with Crippen LogP contribution in [0, 0.1) is 18.8 Å². The van der Waals surface area contributed by atoms with Crippen molar-refractivity contribution in [3.63, 3.8) is 0 Å². The molecule has 29 heavy (non-hydrogen) atoms. The van der Waals surface area contributed by atoms with Gasteiger partial charge in [0.15, 0.2) is 0 Å². The van der Waals surface area contributed by atoms with Gasteiger partial charge in [-0.1, -0.05) is 117 Å². The molecule has 0 N–H and O–H groups in total. The summed E-state index contributed by atoms with van der Waals surface area (Å²) in [6.45, 7) is 2.27. The molecular weight excluding hydrogens is 451 g/mol. The molecule has 0 nitrogen and oxygen atoms in total. The molecule has 1 aromatic rings. The molecule has 0 bridgehead atoms. The number of benzene rings is 1. The van der Waals surface area contributed by atoms with Crippen LogP contribution in [0.5, 0.6) is 0 Å². The molecule has 154 valence electrons. The largest absolute Gasteiger partial charge is 1.00 e. The SMILES string of the molecule is CCCCCC/C=C/C1C[C@H]1c1ccccc1.[CH]1C=CC=C1.[CH]1C=CC=C1.[Cl-].[Zr]. The van der Waals surface area contributed by atoms with Crippen LogP contribution in [0.25, 0.3) is 0 Å². The number of halogens is 1. The molecule has 3 aliphatic rings. The summed E-state index contributed by atoms with van der Waals surface area (Å²) in [5.74, 6) is 1.63. The van der Waals surface area contributed by atoms with E-state index < -0.39 is 0 Å². The quantitative estimate of drug-likeness (QED) is 0.379. The van der Waals surface area contributed by atoms with E-state index in [2.05, 4.69) is 49.4 Å². The van der Waals surface area contributed by atoms with Crippen LogP contribution in [-0.2, 0) is 26.2 Å². The summed E-state index contributed by atoms with van der Waals surface area (Å²) in [5.41, 5.74) is 1.52. The Kier molecular flexibility index (Phi) is 18.5. The minimum absolute atomic E-state index is 0. The van der Waals surface area contributed by atoms with Crippen molar-refractivity contribution < 1.29 is 38.6 Å². The molecule has 0 saturated heterocycles. The van der Waals surface area contributed by atoms with E-state index in [0.29, 0.717) is 0 Å². The van der Waals surface area contributed by atoms with E-state index in [4.69, 9.17) is 0 Å². The van der Waals surface area contributed by atoms with E-state index in [0.717, 1.165) is 11.8 Å². The standard InChI is InChI=1S/C17H24.2C5H5.ClH.Zr/c1-2-3-4-5-6-8-13-16-14-17(16)15-11-9-7-10-12-15;2*1-2-4-5-3-1;;/h7-13,16-17H,2-6,14H2,1H3;2*1-5H;1H;/p-1/b13-8+;;;;/t16?,17-;;;;/m0..../s1. The van der Waals surface area contributed by atoms with Gasteiger partial charge in [-0.15, -0.1) is 0 Å². The number of allylic oxidation sites excluding steroid dienone is 10. The first-order valence-corrected chi connectivity index (χ1v) is 10.5. The maximum atomic E-state index is 2.45. The van der Waals surface area contributed by atoms with Gasteiger partial charge in [0.2, 0.25) is 0 Å². The minimum Gasteiger partial charge on any atom is -1.00 e. The Morgan fingerprint density at radius 1 is 0.793 bits per heavy atom. The minimum atomic E-state index is 0. The Hall–Kier alpha value is -0.907. The fourth-order valence-corrected chi connectivity index (χ4v) is 3.11. The summed E-state index contributed by atoms with van der Waals surface area (Å²) in [6.07, 6.45) is 33.0. The van der Waals surface area contributed by atoms with Crippen molar-refractivity contribution in [2.45, 2.75) is 51.4 Å². The number of hydrogen-bond acceptors (Lipinski definition) is 0. The normalized spacial score (nSPS) is 19.6. The molecule has 0 heterocycles. The first-order chi connectivity index (χ1) is 13.4. The van der Waals surface area contributed by atoms with Crippen LogP contribution < -0.4 is 12.4 Å². The van der Waals surface area contributed by atoms with Gasteiger partial charge in [-0.25, -0.2) is 0 Å². The van der Waals surface area contributed by atoms with E-state index in [1.165, 1.54) is 44.1 Å². The summed E-state index contributed by atoms with van der Waals surface area (Å²) in [7, 11) is 0. The van der Waals surface area contributed by atoms with E-state index in [1.54, 1.807) is 0 Å². The molecule has 0 aliphatic heterocycles. The average molecular weight is 485 g/mol.